The lowest BCUT2D eigenvalue weighted by atomic mass is 9.98. The number of ether oxygens (including phenoxy) is 1. The monoisotopic (exact) mass is 224 g/mol. The van der Waals surface area contributed by atoms with Crippen LogP contribution in [0.4, 0.5) is 0 Å². The van der Waals surface area contributed by atoms with Crippen LogP contribution in [0.2, 0.25) is 0 Å². The molecule has 0 aromatic carbocycles. The number of nitrogens with zero attached hydrogens (tertiary/aromatic N) is 2. The molecule has 0 aliphatic carbocycles. The van der Waals surface area contributed by atoms with Crippen LogP contribution in [-0.4, -0.2) is 29.1 Å². The van der Waals surface area contributed by atoms with Gasteiger partial charge in [-0.2, -0.15) is 4.98 Å². The number of carbonyl (C=O) groups excluding carboxylic acids is 1. The van der Waals surface area contributed by atoms with E-state index in [0.29, 0.717) is 17.6 Å². The molecule has 5 heteroatoms. The van der Waals surface area contributed by atoms with Crippen LogP contribution in [0.25, 0.3) is 0 Å². The summed E-state index contributed by atoms with van der Waals surface area (Å²) in [6, 6.07) is 0. The van der Waals surface area contributed by atoms with Gasteiger partial charge in [-0.1, -0.05) is 5.16 Å². The van der Waals surface area contributed by atoms with Gasteiger partial charge in [-0.15, -0.1) is 0 Å². The zero-order valence-electron chi connectivity index (χ0n) is 9.44. The molecule has 0 bridgehead atoms. The summed E-state index contributed by atoms with van der Waals surface area (Å²) in [5, 5.41) is 3.87. The minimum atomic E-state index is 0.0381. The lowest BCUT2D eigenvalue weighted by molar-refractivity contribution is -0.116. The Labute approximate surface area is 94.2 Å². The minimum absolute atomic E-state index is 0.0381. The number of ketones is 1. The second-order valence-corrected chi connectivity index (χ2v) is 4.27. The van der Waals surface area contributed by atoms with Gasteiger partial charge in [-0.3, -0.25) is 4.79 Å². The maximum absolute atomic E-state index is 10.9. The third-order valence-corrected chi connectivity index (χ3v) is 2.64. The molecule has 0 radical (unpaired) electrons. The molecule has 1 saturated heterocycles. The van der Waals surface area contributed by atoms with Gasteiger partial charge in [0.1, 0.15) is 5.78 Å². The maximum atomic E-state index is 10.9. The molecular formula is C11H16N2O3. The summed E-state index contributed by atoms with van der Waals surface area (Å²) in [5.74, 6) is 1.62. The average Bonchev–Trinajstić information content (AvgIpc) is 2.66. The van der Waals surface area contributed by atoms with Gasteiger partial charge in [0, 0.05) is 19.6 Å². The largest absolute Gasteiger partial charge is 0.381 e. The van der Waals surface area contributed by atoms with Crippen LogP contribution in [0.3, 0.4) is 0 Å². The number of hydrogen-bond donors (Lipinski definition) is 0. The Morgan fingerprint density at radius 1 is 1.56 bits per heavy atom. The Morgan fingerprint density at radius 3 is 3.12 bits per heavy atom. The number of carbonyl (C=O) groups is 1. The zero-order valence-corrected chi connectivity index (χ0v) is 9.44. The molecule has 1 aliphatic heterocycles. The lowest BCUT2D eigenvalue weighted by Crippen LogP contribution is -2.19. The van der Waals surface area contributed by atoms with Crippen LogP contribution < -0.4 is 0 Å². The van der Waals surface area contributed by atoms with Crippen LogP contribution in [0.5, 0.6) is 0 Å². The first-order valence-electron chi connectivity index (χ1n) is 5.62. The van der Waals surface area contributed by atoms with Gasteiger partial charge in [0.15, 0.2) is 5.82 Å². The first-order chi connectivity index (χ1) is 7.74. The molecule has 1 aromatic rings. The molecule has 1 aromatic heterocycles. The van der Waals surface area contributed by atoms with Gasteiger partial charge in [-0.05, 0) is 25.7 Å². The first kappa shape index (κ1) is 11.3. The van der Waals surface area contributed by atoms with E-state index in [0.717, 1.165) is 32.5 Å². The van der Waals surface area contributed by atoms with E-state index in [4.69, 9.17) is 9.26 Å². The van der Waals surface area contributed by atoms with E-state index in [2.05, 4.69) is 10.1 Å². The predicted octanol–water partition coefficient (Wildman–Crippen LogP) is 1.17. The molecule has 88 valence electrons. The minimum Gasteiger partial charge on any atom is -0.381 e. The fraction of sp³-hybridized carbons (Fsp3) is 0.727. The molecule has 1 aliphatic rings. The Kier molecular flexibility index (Phi) is 3.66. The summed E-state index contributed by atoms with van der Waals surface area (Å²) in [7, 11) is 0. The summed E-state index contributed by atoms with van der Waals surface area (Å²) in [6.07, 6.45) is 3.26. The van der Waals surface area contributed by atoms with Crippen molar-refractivity contribution in [1.82, 2.24) is 10.1 Å². The fourth-order valence-corrected chi connectivity index (χ4v) is 1.88. The lowest BCUT2D eigenvalue weighted by Gasteiger charge is -2.20. The topological polar surface area (TPSA) is 65.2 Å². The van der Waals surface area contributed by atoms with Gasteiger partial charge in [0.25, 0.3) is 0 Å². The van der Waals surface area contributed by atoms with Crippen molar-refractivity contribution >= 4 is 5.78 Å². The summed E-state index contributed by atoms with van der Waals surface area (Å²) < 4.78 is 10.4. The molecule has 1 fully saturated rings. The van der Waals surface area contributed by atoms with Gasteiger partial charge < -0.3 is 9.26 Å². The molecule has 0 amide bonds. The van der Waals surface area contributed by atoms with E-state index in [-0.39, 0.29) is 12.2 Å². The van der Waals surface area contributed by atoms with Crippen molar-refractivity contribution in [3.63, 3.8) is 0 Å². The van der Waals surface area contributed by atoms with Crippen LogP contribution in [-0.2, 0) is 22.4 Å². The third-order valence-electron chi connectivity index (χ3n) is 2.64. The molecule has 0 saturated carbocycles. The fourth-order valence-electron chi connectivity index (χ4n) is 1.88. The molecule has 0 spiro atoms. The third kappa shape index (κ3) is 3.13. The highest BCUT2D eigenvalue weighted by molar-refractivity contribution is 5.77. The van der Waals surface area contributed by atoms with E-state index in [1.165, 1.54) is 6.92 Å². The quantitative estimate of drug-likeness (QED) is 0.768. The highest BCUT2D eigenvalue weighted by Crippen LogP contribution is 2.17. The highest BCUT2D eigenvalue weighted by atomic mass is 16.5. The molecule has 0 N–H and O–H groups in total. The Balaban J connectivity index is 1.88. The second-order valence-electron chi connectivity index (χ2n) is 4.27. The normalized spacial score (nSPS) is 20.9. The smallest absolute Gasteiger partial charge is 0.234 e. The number of Topliss-reactive ketones (excluding diaryl/α,β-unsaturated/α-hetero) is 1. The van der Waals surface area contributed by atoms with Crippen molar-refractivity contribution in [3.8, 4) is 0 Å². The van der Waals surface area contributed by atoms with E-state index in [1.54, 1.807) is 0 Å². The molecule has 1 unspecified atom stereocenters. The number of hydrogen-bond acceptors (Lipinski definition) is 5. The molecular weight excluding hydrogens is 208 g/mol. The summed E-state index contributed by atoms with van der Waals surface area (Å²) >= 11 is 0. The Bertz CT molecular complexity index is 356. The maximum Gasteiger partial charge on any atom is 0.234 e. The van der Waals surface area contributed by atoms with E-state index >= 15 is 0 Å². The SMILES string of the molecule is CC(=O)Cc1nc(CC2CCCOC2)no1. The van der Waals surface area contributed by atoms with E-state index in [9.17, 15) is 4.79 Å². The molecule has 16 heavy (non-hydrogen) atoms. The number of rotatable bonds is 4. The van der Waals surface area contributed by atoms with Crippen LogP contribution in [0, 0.1) is 5.92 Å². The molecule has 2 rings (SSSR count). The first-order valence-corrected chi connectivity index (χ1v) is 5.62. The summed E-state index contributed by atoms with van der Waals surface area (Å²) in [5.41, 5.74) is 0. The van der Waals surface area contributed by atoms with Gasteiger partial charge >= 0.3 is 0 Å². The van der Waals surface area contributed by atoms with Crippen molar-refractivity contribution in [2.75, 3.05) is 13.2 Å². The highest BCUT2D eigenvalue weighted by Gasteiger charge is 2.17. The molecule has 5 nitrogen and oxygen atoms in total. The van der Waals surface area contributed by atoms with Crippen LogP contribution >= 0.6 is 0 Å². The van der Waals surface area contributed by atoms with Crippen LogP contribution in [0.1, 0.15) is 31.5 Å². The average molecular weight is 224 g/mol. The van der Waals surface area contributed by atoms with Crippen molar-refractivity contribution in [1.29, 1.82) is 0 Å². The standard InChI is InChI=1S/C11H16N2O3/c1-8(14)5-11-12-10(13-16-11)6-9-3-2-4-15-7-9/h9H,2-7H2,1H3. The van der Waals surface area contributed by atoms with Crippen molar-refractivity contribution in [2.45, 2.75) is 32.6 Å². The van der Waals surface area contributed by atoms with Gasteiger partial charge in [-0.25, -0.2) is 0 Å². The second kappa shape index (κ2) is 5.21. The zero-order chi connectivity index (χ0) is 11.4. The molecule has 1 atom stereocenters. The van der Waals surface area contributed by atoms with E-state index in [1.807, 2.05) is 0 Å². The van der Waals surface area contributed by atoms with Gasteiger partial charge in [0.2, 0.25) is 5.89 Å². The molecule has 2 heterocycles. The van der Waals surface area contributed by atoms with E-state index < -0.39 is 0 Å². The Hall–Kier alpha value is -1.23. The van der Waals surface area contributed by atoms with Crippen molar-refractivity contribution in [2.24, 2.45) is 5.92 Å². The summed E-state index contributed by atoms with van der Waals surface area (Å²) in [4.78, 5) is 15.1. The summed E-state index contributed by atoms with van der Waals surface area (Å²) in [6.45, 7) is 3.15. The Morgan fingerprint density at radius 2 is 2.44 bits per heavy atom. The van der Waals surface area contributed by atoms with Crippen molar-refractivity contribution in [3.05, 3.63) is 11.7 Å². The van der Waals surface area contributed by atoms with Gasteiger partial charge in [0.05, 0.1) is 6.42 Å². The predicted molar refractivity (Wildman–Crippen MR) is 55.9 cm³/mol. The number of aromatic nitrogens is 2. The van der Waals surface area contributed by atoms with Crippen LogP contribution in [0.15, 0.2) is 4.52 Å². The van der Waals surface area contributed by atoms with Crippen molar-refractivity contribution < 1.29 is 14.1 Å².